The first-order chi connectivity index (χ1) is 9.58. The lowest BCUT2D eigenvalue weighted by Gasteiger charge is -2.35. The van der Waals surface area contributed by atoms with Crippen molar-refractivity contribution in [3.05, 3.63) is 16.1 Å². The lowest BCUT2D eigenvalue weighted by molar-refractivity contribution is 0.253. The van der Waals surface area contributed by atoms with Gasteiger partial charge in [0, 0.05) is 6.04 Å². The minimum Gasteiger partial charge on any atom is -0.379 e. The zero-order valence-corrected chi connectivity index (χ0v) is 13.8. The Labute approximate surface area is 133 Å². The van der Waals surface area contributed by atoms with Gasteiger partial charge < -0.3 is 5.32 Å². The second kappa shape index (κ2) is 5.66. The molecule has 1 saturated carbocycles. The number of fused-ring (bicyclic) bond motifs is 1. The largest absolute Gasteiger partial charge is 0.379 e. The highest BCUT2D eigenvalue weighted by atomic mass is 35.5. The van der Waals surface area contributed by atoms with Gasteiger partial charge in [-0.05, 0) is 24.3 Å². The SMILES string of the molecule is CC1CCCC(Nc2c(Cl)cc(Cl)c3nsnc23)C1C. The summed E-state index contributed by atoms with van der Waals surface area (Å²) in [6.07, 6.45) is 3.73. The van der Waals surface area contributed by atoms with E-state index in [1.54, 1.807) is 6.07 Å². The van der Waals surface area contributed by atoms with E-state index in [0.29, 0.717) is 22.0 Å². The van der Waals surface area contributed by atoms with Gasteiger partial charge in [-0.25, -0.2) is 0 Å². The van der Waals surface area contributed by atoms with Crippen molar-refractivity contribution in [3.63, 3.8) is 0 Å². The van der Waals surface area contributed by atoms with Crippen molar-refractivity contribution in [2.24, 2.45) is 11.8 Å². The van der Waals surface area contributed by atoms with Gasteiger partial charge in [0.25, 0.3) is 0 Å². The van der Waals surface area contributed by atoms with Gasteiger partial charge >= 0.3 is 0 Å². The average molecular weight is 330 g/mol. The minimum absolute atomic E-state index is 0.433. The predicted octanol–water partition coefficient (Wildman–Crippen LogP) is 5.23. The topological polar surface area (TPSA) is 37.8 Å². The monoisotopic (exact) mass is 329 g/mol. The normalized spacial score (nSPS) is 26.9. The van der Waals surface area contributed by atoms with Gasteiger partial charge in [0.15, 0.2) is 0 Å². The minimum atomic E-state index is 0.433. The predicted molar refractivity (Wildman–Crippen MR) is 87.0 cm³/mol. The van der Waals surface area contributed by atoms with Gasteiger partial charge in [0.2, 0.25) is 0 Å². The number of hydrogen-bond acceptors (Lipinski definition) is 4. The number of hydrogen-bond donors (Lipinski definition) is 1. The molecule has 3 rings (SSSR count). The van der Waals surface area contributed by atoms with Crippen LogP contribution in [0, 0.1) is 11.8 Å². The first-order valence-electron chi connectivity index (χ1n) is 6.94. The van der Waals surface area contributed by atoms with Crippen LogP contribution in [0.3, 0.4) is 0 Å². The number of aromatic nitrogens is 2. The van der Waals surface area contributed by atoms with Crippen LogP contribution in [-0.4, -0.2) is 14.8 Å². The molecule has 3 unspecified atom stereocenters. The summed E-state index contributed by atoms with van der Waals surface area (Å²) in [5.74, 6) is 1.36. The molecule has 3 atom stereocenters. The Balaban J connectivity index is 1.96. The maximum absolute atomic E-state index is 6.36. The summed E-state index contributed by atoms with van der Waals surface area (Å²) < 4.78 is 8.60. The second-order valence-electron chi connectivity index (χ2n) is 5.69. The van der Waals surface area contributed by atoms with E-state index in [-0.39, 0.29) is 0 Å². The Bertz CT molecular complexity index is 628. The molecule has 0 aliphatic heterocycles. The van der Waals surface area contributed by atoms with E-state index in [0.717, 1.165) is 22.6 Å². The molecule has 2 aromatic rings. The van der Waals surface area contributed by atoms with Gasteiger partial charge in [-0.15, -0.1) is 0 Å². The number of nitrogens with zero attached hydrogens (tertiary/aromatic N) is 2. The van der Waals surface area contributed by atoms with E-state index >= 15 is 0 Å². The zero-order valence-electron chi connectivity index (χ0n) is 11.5. The van der Waals surface area contributed by atoms with Gasteiger partial charge in [-0.1, -0.05) is 49.9 Å². The van der Waals surface area contributed by atoms with Gasteiger partial charge in [0.1, 0.15) is 11.0 Å². The van der Waals surface area contributed by atoms with E-state index in [1.807, 2.05) is 0 Å². The Morgan fingerprint density at radius 2 is 1.90 bits per heavy atom. The summed E-state index contributed by atoms with van der Waals surface area (Å²) in [6.45, 7) is 4.63. The van der Waals surface area contributed by atoms with Crippen molar-refractivity contribution in [3.8, 4) is 0 Å². The second-order valence-corrected chi connectivity index (χ2v) is 7.04. The number of nitrogens with one attached hydrogen (secondary N) is 1. The fourth-order valence-corrected chi connectivity index (χ4v) is 4.15. The van der Waals surface area contributed by atoms with Crippen molar-refractivity contribution in [2.75, 3.05) is 5.32 Å². The summed E-state index contributed by atoms with van der Waals surface area (Å²) >= 11 is 13.7. The molecule has 1 N–H and O–H groups in total. The van der Waals surface area contributed by atoms with Gasteiger partial charge in [0.05, 0.1) is 27.5 Å². The third kappa shape index (κ3) is 2.49. The molecule has 20 heavy (non-hydrogen) atoms. The van der Waals surface area contributed by atoms with Crippen LogP contribution in [0.15, 0.2) is 6.07 Å². The van der Waals surface area contributed by atoms with E-state index < -0.39 is 0 Å². The molecule has 108 valence electrons. The summed E-state index contributed by atoms with van der Waals surface area (Å²) in [5, 5.41) is 4.79. The van der Waals surface area contributed by atoms with Crippen LogP contribution in [0.25, 0.3) is 11.0 Å². The van der Waals surface area contributed by atoms with Crippen LogP contribution in [0.4, 0.5) is 5.69 Å². The first kappa shape index (κ1) is 14.4. The standard InChI is InChI=1S/C14H17Cl2N3S/c1-7-4-3-5-11(8(7)2)17-12-9(15)6-10(16)13-14(12)19-20-18-13/h6-8,11,17H,3-5H2,1-2H3. The van der Waals surface area contributed by atoms with Crippen LogP contribution < -0.4 is 5.32 Å². The van der Waals surface area contributed by atoms with E-state index in [4.69, 9.17) is 23.2 Å². The number of halogens is 2. The van der Waals surface area contributed by atoms with E-state index in [9.17, 15) is 0 Å². The van der Waals surface area contributed by atoms with E-state index in [2.05, 4.69) is 27.9 Å². The van der Waals surface area contributed by atoms with Crippen LogP contribution in [-0.2, 0) is 0 Å². The lowest BCUT2D eigenvalue weighted by Crippen LogP contribution is -2.35. The molecule has 1 heterocycles. The Morgan fingerprint density at radius 1 is 1.15 bits per heavy atom. The number of rotatable bonds is 2. The maximum Gasteiger partial charge on any atom is 0.130 e. The highest BCUT2D eigenvalue weighted by Gasteiger charge is 2.28. The molecule has 0 saturated heterocycles. The molecule has 1 aromatic carbocycles. The molecule has 0 amide bonds. The van der Waals surface area contributed by atoms with Crippen molar-refractivity contribution in [1.29, 1.82) is 0 Å². The number of anilines is 1. The van der Waals surface area contributed by atoms with Crippen LogP contribution in [0.1, 0.15) is 33.1 Å². The molecule has 1 aliphatic carbocycles. The molecular formula is C14H17Cl2N3S. The quantitative estimate of drug-likeness (QED) is 0.819. The van der Waals surface area contributed by atoms with Crippen molar-refractivity contribution in [2.45, 2.75) is 39.2 Å². The summed E-state index contributed by atoms with van der Waals surface area (Å²) in [6, 6.07) is 2.19. The Kier molecular flexibility index (Phi) is 4.07. The molecule has 1 aromatic heterocycles. The molecule has 0 spiro atoms. The highest BCUT2D eigenvalue weighted by Crippen LogP contribution is 2.38. The molecule has 0 bridgehead atoms. The number of benzene rings is 1. The molecule has 1 aliphatic rings. The van der Waals surface area contributed by atoms with Gasteiger partial charge in [-0.3, -0.25) is 0 Å². The van der Waals surface area contributed by atoms with Crippen LogP contribution >= 0.6 is 34.9 Å². The van der Waals surface area contributed by atoms with E-state index in [1.165, 1.54) is 31.0 Å². The van der Waals surface area contributed by atoms with Crippen LogP contribution in [0.5, 0.6) is 0 Å². The molecule has 0 radical (unpaired) electrons. The lowest BCUT2D eigenvalue weighted by atomic mass is 9.78. The molecule has 6 heteroatoms. The maximum atomic E-state index is 6.36. The third-order valence-electron chi connectivity index (χ3n) is 4.48. The van der Waals surface area contributed by atoms with Gasteiger partial charge in [-0.2, -0.15) is 8.75 Å². The molecule has 1 fully saturated rings. The fourth-order valence-electron chi connectivity index (χ4n) is 2.98. The van der Waals surface area contributed by atoms with Crippen molar-refractivity contribution >= 4 is 51.7 Å². The fraction of sp³-hybridized carbons (Fsp3) is 0.571. The smallest absolute Gasteiger partial charge is 0.130 e. The summed E-state index contributed by atoms with van der Waals surface area (Å²) in [4.78, 5) is 0. The van der Waals surface area contributed by atoms with Crippen molar-refractivity contribution in [1.82, 2.24) is 8.75 Å². The zero-order chi connectivity index (χ0) is 14.3. The Hall–Kier alpha value is -0.580. The summed E-state index contributed by atoms with van der Waals surface area (Å²) in [7, 11) is 0. The Morgan fingerprint density at radius 3 is 2.70 bits per heavy atom. The highest BCUT2D eigenvalue weighted by molar-refractivity contribution is 7.00. The van der Waals surface area contributed by atoms with Crippen molar-refractivity contribution < 1.29 is 0 Å². The first-order valence-corrected chi connectivity index (χ1v) is 8.43. The molecular weight excluding hydrogens is 313 g/mol. The molecule has 3 nitrogen and oxygen atoms in total. The summed E-state index contributed by atoms with van der Waals surface area (Å²) in [5.41, 5.74) is 2.41. The van der Waals surface area contributed by atoms with Crippen LogP contribution in [0.2, 0.25) is 10.0 Å². The third-order valence-corrected chi connectivity index (χ3v) is 5.60. The average Bonchev–Trinajstić information content (AvgIpc) is 2.89.